The Morgan fingerprint density at radius 2 is 1.83 bits per heavy atom. The van der Waals surface area contributed by atoms with Crippen LogP contribution in [0.2, 0.25) is 5.02 Å². The molecule has 1 aromatic heterocycles. The lowest BCUT2D eigenvalue weighted by atomic mass is 10.2. The molecule has 0 saturated heterocycles. The molecule has 35 heavy (non-hydrogen) atoms. The summed E-state index contributed by atoms with van der Waals surface area (Å²) in [5, 5.41) is 5.10. The Labute approximate surface area is 210 Å². The van der Waals surface area contributed by atoms with E-state index < -0.39 is 11.9 Å². The SMILES string of the molecule is COc1cc(/C=N\NC(=O)COc2ccc(C)cc2)ccc1OC(=O)c1sc2ccccc2c1Cl. The summed E-state index contributed by atoms with van der Waals surface area (Å²) in [6.07, 6.45) is 1.45. The van der Waals surface area contributed by atoms with Crippen molar-refractivity contribution < 1.29 is 23.8 Å². The van der Waals surface area contributed by atoms with Gasteiger partial charge in [0.05, 0.1) is 18.3 Å². The fourth-order valence-corrected chi connectivity index (χ4v) is 4.52. The minimum absolute atomic E-state index is 0.168. The van der Waals surface area contributed by atoms with Crippen LogP contribution in [0, 0.1) is 6.92 Å². The van der Waals surface area contributed by atoms with Crippen molar-refractivity contribution in [3.63, 3.8) is 0 Å². The predicted octanol–water partition coefficient (Wildman–Crippen LogP) is 5.62. The zero-order chi connectivity index (χ0) is 24.8. The van der Waals surface area contributed by atoms with Gasteiger partial charge in [0.25, 0.3) is 5.91 Å². The quantitative estimate of drug-likeness (QED) is 0.144. The number of halogens is 1. The highest BCUT2D eigenvalue weighted by Crippen LogP contribution is 2.37. The highest BCUT2D eigenvalue weighted by molar-refractivity contribution is 7.21. The number of hydrogen-bond donors (Lipinski definition) is 1. The Balaban J connectivity index is 1.37. The number of rotatable bonds is 8. The number of aryl methyl sites for hydroxylation is 1. The number of amides is 1. The first kappa shape index (κ1) is 24.3. The first-order chi connectivity index (χ1) is 16.9. The van der Waals surface area contributed by atoms with Crippen LogP contribution in [0.25, 0.3) is 10.1 Å². The number of hydrazone groups is 1. The number of nitrogens with zero attached hydrogens (tertiary/aromatic N) is 1. The summed E-state index contributed by atoms with van der Waals surface area (Å²) < 4.78 is 17.2. The third-order valence-corrected chi connectivity index (χ3v) is 6.56. The molecule has 4 aromatic rings. The topological polar surface area (TPSA) is 86.2 Å². The predicted molar refractivity (Wildman–Crippen MR) is 137 cm³/mol. The number of ether oxygens (including phenoxy) is 3. The van der Waals surface area contributed by atoms with Crippen molar-refractivity contribution >= 4 is 51.1 Å². The lowest BCUT2D eigenvalue weighted by molar-refractivity contribution is -0.123. The van der Waals surface area contributed by atoms with Gasteiger partial charge >= 0.3 is 5.97 Å². The number of methoxy groups -OCH3 is 1. The molecule has 3 aromatic carbocycles. The Hall–Kier alpha value is -3.88. The summed E-state index contributed by atoms with van der Waals surface area (Å²) in [5.41, 5.74) is 4.13. The first-order valence-electron chi connectivity index (χ1n) is 10.5. The number of thiophene rings is 1. The van der Waals surface area contributed by atoms with Gasteiger partial charge in [0.2, 0.25) is 0 Å². The van der Waals surface area contributed by atoms with E-state index in [-0.39, 0.29) is 12.4 Å². The molecule has 1 N–H and O–H groups in total. The maximum absolute atomic E-state index is 12.7. The van der Waals surface area contributed by atoms with Crippen LogP contribution in [0.5, 0.6) is 17.2 Å². The molecule has 0 spiro atoms. The maximum Gasteiger partial charge on any atom is 0.355 e. The number of esters is 1. The highest BCUT2D eigenvalue weighted by atomic mass is 35.5. The average molecular weight is 509 g/mol. The molecule has 0 unspecified atom stereocenters. The summed E-state index contributed by atoms with van der Waals surface area (Å²) >= 11 is 7.65. The van der Waals surface area contributed by atoms with Crippen LogP contribution in [0.15, 0.2) is 71.8 Å². The van der Waals surface area contributed by atoms with Crippen LogP contribution >= 0.6 is 22.9 Å². The largest absolute Gasteiger partial charge is 0.493 e. The monoisotopic (exact) mass is 508 g/mol. The third-order valence-electron chi connectivity index (χ3n) is 4.90. The van der Waals surface area contributed by atoms with E-state index in [0.29, 0.717) is 27.0 Å². The second-order valence-electron chi connectivity index (χ2n) is 7.44. The molecule has 0 atom stereocenters. The van der Waals surface area contributed by atoms with Gasteiger partial charge in [-0.3, -0.25) is 4.79 Å². The van der Waals surface area contributed by atoms with Gasteiger partial charge < -0.3 is 14.2 Å². The van der Waals surface area contributed by atoms with Crippen LogP contribution in [-0.4, -0.2) is 31.8 Å². The third kappa shape index (κ3) is 5.98. The molecule has 0 aliphatic carbocycles. The molecule has 0 aliphatic heterocycles. The van der Waals surface area contributed by atoms with Crippen molar-refractivity contribution in [2.75, 3.05) is 13.7 Å². The lowest BCUT2D eigenvalue weighted by Crippen LogP contribution is -2.24. The van der Waals surface area contributed by atoms with Gasteiger partial charge in [-0.05, 0) is 48.9 Å². The molecule has 1 heterocycles. The molecule has 9 heteroatoms. The van der Waals surface area contributed by atoms with Crippen molar-refractivity contribution in [1.29, 1.82) is 0 Å². The smallest absolute Gasteiger partial charge is 0.355 e. The first-order valence-corrected chi connectivity index (χ1v) is 11.7. The molecule has 7 nitrogen and oxygen atoms in total. The molecule has 0 radical (unpaired) electrons. The summed E-state index contributed by atoms with van der Waals surface area (Å²) in [6, 6.07) is 19.8. The molecule has 0 saturated carbocycles. The lowest BCUT2D eigenvalue weighted by Gasteiger charge is -2.09. The van der Waals surface area contributed by atoms with E-state index in [1.807, 2.05) is 43.3 Å². The van der Waals surface area contributed by atoms with Gasteiger partial charge in [-0.25, -0.2) is 10.2 Å². The van der Waals surface area contributed by atoms with Crippen LogP contribution in [0.1, 0.15) is 20.8 Å². The maximum atomic E-state index is 12.7. The van der Waals surface area contributed by atoms with E-state index in [2.05, 4.69) is 10.5 Å². The second kappa shape index (κ2) is 11.0. The van der Waals surface area contributed by atoms with E-state index in [1.54, 1.807) is 30.3 Å². The molecule has 0 aliphatic rings. The highest BCUT2D eigenvalue weighted by Gasteiger charge is 2.20. The molecular weight excluding hydrogens is 488 g/mol. The summed E-state index contributed by atoms with van der Waals surface area (Å²) in [6.45, 7) is 1.80. The fourth-order valence-electron chi connectivity index (χ4n) is 3.13. The van der Waals surface area contributed by atoms with Crippen LogP contribution < -0.4 is 19.6 Å². The number of carbonyl (C=O) groups is 2. The van der Waals surface area contributed by atoms with Crippen molar-refractivity contribution in [3.8, 4) is 17.2 Å². The van der Waals surface area contributed by atoms with Gasteiger partial charge in [0.1, 0.15) is 10.6 Å². The van der Waals surface area contributed by atoms with Gasteiger partial charge in [-0.15, -0.1) is 11.3 Å². The fraction of sp³-hybridized carbons (Fsp3) is 0.115. The Morgan fingerprint density at radius 1 is 1.06 bits per heavy atom. The Morgan fingerprint density at radius 3 is 2.57 bits per heavy atom. The number of hydrogen-bond acceptors (Lipinski definition) is 7. The standard InChI is InChI=1S/C26H21ClN2O5S/c1-16-7-10-18(11-8-16)33-15-23(30)29-28-14-17-9-12-20(21(13-17)32-2)34-26(31)25-24(27)19-5-3-4-6-22(19)35-25/h3-14H,15H2,1-2H3,(H,29,30)/b28-14-. The summed E-state index contributed by atoms with van der Waals surface area (Å²) in [7, 11) is 1.46. The molecular formula is C26H21ClN2O5S. The average Bonchev–Trinajstić information content (AvgIpc) is 3.21. The Bertz CT molecular complexity index is 1400. The molecule has 178 valence electrons. The van der Waals surface area contributed by atoms with Gasteiger partial charge in [0.15, 0.2) is 18.1 Å². The normalized spacial score (nSPS) is 10.9. The molecule has 0 bridgehead atoms. The summed E-state index contributed by atoms with van der Waals surface area (Å²) in [5.74, 6) is 0.185. The van der Waals surface area contributed by atoms with E-state index in [1.165, 1.54) is 24.7 Å². The van der Waals surface area contributed by atoms with Crippen LogP contribution in [0.3, 0.4) is 0 Å². The zero-order valence-corrected chi connectivity index (χ0v) is 20.5. The minimum Gasteiger partial charge on any atom is -0.493 e. The number of carbonyl (C=O) groups excluding carboxylic acids is 2. The van der Waals surface area contributed by atoms with Gasteiger partial charge in [-0.1, -0.05) is 47.5 Å². The van der Waals surface area contributed by atoms with Gasteiger partial charge in [-0.2, -0.15) is 5.10 Å². The number of fused-ring (bicyclic) bond motifs is 1. The van der Waals surface area contributed by atoms with Crippen molar-refractivity contribution in [1.82, 2.24) is 5.43 Å². The molecule has 1 amide bonds. The molecule has 4 rings (SSSR count). The minimum atomic E-state index is -0.572. The van der Waals surface area contributed by atoms with E-state index >= 15 is 0 Å². The van der Waals surface area contributed by atoms with E-state index in [9.17, 15) is 9.59 Å². The van der Waals surface area contributed by atoms with Crippen LogP contribution in [-0.2, 0) is 4.79 Å². The van der Waals surface area contributed by atoms with Crippen molar-refractivity contribution in [2.24, 2.45) is 5.10 Å². The van der Waals surface area contributed by atoms with Gasteiger partial charge in [0, 0.05) is 10.1 Å². The summed E-state index contributed by atoms with van der Waals surface area (Å²) in [4.78, 5) is 25.0. The van der Waals surface area contributed by atoms with E-state index in [4.69, 9.17) is 25.8 Å². The van der Waals surface area contributed by atoms with Crippen LogP contribution in [0.4, 0.5) is 0 Å². The Kier molecular flexibility index (Phi) is 7.64. The number of benzene rings is 3. The molecule has 0 fully saturated rings. The second-order valence-corrected chi connectivity index (χ2v) is 8.87. The van der Waals surface area contributed by atoms with E-state index in [0.717, 1.165) is 15.6 Å². The zero-order valence-electron chi connectivity index (χ0n) is 18.9. The van der Waals surface area contributed by atoms with Crippen molar-refractivity contribution in [2.45, 2.75) is 6.92 Å². The van der Waals surface area contributed by atoms with Crippen molar-refractivity contribution in [3.05, 3.63) is 87.8 Å². The number of nitrogens with one attached hydrogen (secondary N) is 1.